The maximum atomic E-state index is 11.8. The van der Waals surface area contributed by atoms with Crippen molar-refractivity contribution >= 4 is 17.6 Å². The fourth-order valence-electron chi connectivity index (χ4n) is 3.87. The zero-order valence-corrected chi connectivity index (χ0v) is 19.8. The second-order valence-corrected chi connectivity index (χ2v) is 9.19. The molecule has 0 radical (unpaired) electrons. The Bertz CT molecular complexity index is 1100. The molecule has 1 aromatic carbocycles. The van der Waals surface area contributed by atoms with E-state index in [2.05, 4.69) is 43.7 Å². The highest BCUT2D eigenvalue weighted by molar-refractivity contribution is 5.70. The summed E-state index contributed by atoms with van der Waals surface area (Å²) in [7, 11) is 0. The Hall–Kier alpha value is -3.20. The number of nitrogens with one attached hydrogen (secondary N) is 1. The van der Waals surface area contributed by atoms with Crippen molar-refractivity contribution in [2.75, 3.05) is 18.0 Å². The summed E-state index contributed by atoms with van der Waals surface area (Å²) in [5.74, 6) is 0.799. The first-order valence-electron chi connectivity index (χ1n) is 11.5. The second-order valence-electron chi connectivity index (χ2n) is 9.19. The van der Waals surface area contributed by atoms with Crippen molar-refractivity contribution in [3.63, 3.8) is 0 Å². The summed E-state index contributed by atoms with van der Waals surface area (Å²) >= 11 is 0. The number of rotatable bonds is 8. The van der Waals surface area contributed by atoms with Crippen LogP contribution in [0.1, 0.15) is 51.7 Å². The van der Waals surface area contributed by atoms with E-state index in [0.717, 1.165) is 31.6 Å². The van der Waals surface area contributed by atoms with Gasteiger partial charge in [-0.25, -0.2) is 0 Å². The van der Waals surface area contributed by atoms with Gasteiger partial charge in [-0.15, -0.1) is 0 Å². The van der Waals surface area contributed by atoms with Crippen molar-refractivity contribution in [3.8, 4) is 11.6 Å². The van der Waals surface area contributed by atoms with Gasteiger partial charge in [-0.1, -0.05) is 12.1 Å². The monoisotopic (exact) mass is 452 g/mol. The third-order valence-electron chi connectivity index (χ3n) is 5.36. The number of ether oxygens (including phenoxy) is 1. The first-order chi connectivity index (χ1) is 15.8. The van der Waals surface area contributed by atoms with Gasteiger partial charge in [0.1, 0.15) is 5.60 Å². The Morgan fingerprint density at radius 3 is 2.88 bits per heavy atom. The number of aryl methyl sites for hydroxylation is 2. The minimum atomic E-state index is -0.446. The number of hydrogen-bond acceptors (Lipinski definition) is 8. The predicted octanol–water partition coefficient (Wildman–Crippen LogP) is 3.86. The summed E-state index contributed by atoms with van der Waals surface area (Å²) in [6.45, 7) is 10.6. The van der Waals surface area contributed by atoms with Gasteiger partial charge in [-0.3, -0.25) is 9.48 Å². The van der Waals surface area contributed by atoms with Gasteiger partial charge >= 0.3 is 5.97 Å². The smallest absolute Gasteiger partial charge is 0.307 e. The predicted molar refractivity (Wildman–Crippen MR) is 125 cm³/mol. The molecule has 4 rings (SSSR count). The standard InChI is InChI=1S/C24H32N6O3/c1-5-29-14-11-19(27-29)22-26-23(28-33-22)30-13-6-7-18-15-17(8-9-20(18)30)16-25-12-10-21(31)32-24(2,3)4/h8-9,11,14-15,25H,5-7,10,12-13,16H2,1-4H3. The Kier molecular flexibility index (Phi) is 6.78. The van der Waals surface area contributed by atoms with Gasteiger partial charge in [0.15, 0.2) is 5.69 Å². The van der Waals surface area contributed by atoms with E-state index in [1.54, 1.807) is 0 Å². The minimum absolute atomic E-state index is 0.183. The van der Waals surface area contributed by atoms with E-state index in [4.69, 9.17) is 9.26 Å². The van der Waals surface area contributed by atoms with Gasteiger partial charge in [-0.05, 0) is 69.0 Å². The van der Waals surface area contributed by atoms with E-state index in [9.17, 15) is 4.79 Å². The van der Waals surface area contributed by atoms with Crippen LogP contribution in [-0.4, -0.2) is 44.6 Å². The van der Waals surface area contributed by atoms with Gasteiger partial charge in [-0.2, -0.15) is 10.1 Å². The second kappa shape index (κ2) is 9.74. The van der Waals surface area contributed by atoms with E-state index >= 15 is 0 Å². The summed E-state index contributed by atoms with van der Waals surface area (Å²) < 4.78 is 12.7. The van der Waals surface area contributed by atoms with E-state index < -0.39 is 5.60 Å². The molecule has 0 spiro atoms. The maximum absolute atomic E-state index is 11.8. The van der Waals surface area contributed by atoms with E-state index in [1.165, 1.54) is 11.1 Å². The Balaban J connectivity index is 1.38. The molecule has 0 fully saturated rings. The lowest BCUT2D eigenvalue weighted by Crippen LogP contribution is -2.27. The third kappa shape index (κ3) is 5.78. The maximum Gasteiger partial charge on any atom is 0.307 e. The molecule has 0 atom stereocenters. The zero-order chi connectivity index (χ0) is 23.4. The minimum Gasteiger partial charge on any atom is -0.460 e. The summed E-state index contributed by atoms with van der Waals surface area (Å²) in [5.41, 5.74) is 3.77. The van der Waals surface area contributed by atoms with Gasteiger partial charge in [0.25, 0.3) is 11.8 Å². The molecule has 1 N–H and O–H groups in total. The van der Waals surface area contributed by atoms with E-state index in [1.807, 2.05) is 44.6 Å². The van der Waals surface area contributed by atoms with Crippen molar-refractivity contribution in [1.29, 1.82) is 0 Å². The molecular formula is C24H32N6O3. The van der Waals surface area contributed by atoms with Crippen LogP contribution in [0.4, 0.5) is 11.6 Å². The largest absolute Gasteiger partial charge is 0.460 e. The fourth-order valence-corrected chi connectivity index (χ4v) is 3.87. The molecule has 1 aliphatic heterocycles. The molecule has 33 heavy (non-hydrogen) atoms. The van der Waals surface area contributed by atoms with Crippen molar-refractivity contribution in [1.82, 2.24) is 25.2 Å². The molecule has 0 saturated carbocycles. The molecular weight excluding hydrogens is 420 g/mol. The summed E-state index contributed by atoms with van der Waals surface area (Å²) in [6, 6.07) is 8.31. The fraction of sp³-hybridized carbons (Fsp3) is 0.500. The van der Waals surface area contributed by atoms with Crippen LogP contribution < -0.4 is 10.2 Å². The van der Waals surface area contributed by atoms with Gasteiger partial charge < -0.3 is 19.5 Å². The normalized spacial score (nSPS) is 13.8. The molecule has 1 aliphatic rings. The number of benzene rings is 1. The molecule has 0 unspecified atom stereocenters. The number of anilines is 2. The molecule has 0 amide bonds. The van der Waals surface area contributed by atoms with Crippen molar-refractivity contribution in [3.05, 3.63) is 41.6 Å². The average molecular weight is 453 g/mol. The number of carbonyl (C=O) groups is 1. The number of esters is 1. The number of aromatic nitrogens is 4. The highest BCUT2D eigenvalue weighted by atomic mass is 16.6. The quantitative estimate of drug-likeness (QED) is 0.406. The summed E-state index contributed by atoms with van der Waals surface area (Å²) in [4.78, 5) is 18.5. The van der Waals surface area contributed by atoms with Crippen LogP contribution in [0.15, 0.2) is 35.0 Å². The highest BCUT2D eigenvalue weighted by Gasteiger charge is 2.23. The van der Waals surface area contributed by atoms with Crippen molar-refractivity contribution in [2.24, 2.45) is 0 Å². The molecule has 3 aromatic rings. The Labute approximate surface area is 194 Å². The Morgan fingerprint density at radius 2 is 2.12 bits per heavy atom. The van der Waals surface area contributed by atoms with Gasteiger partial charge in [0, 0.05) is 38.1 Å². The number of nitrogens with zero attached hydrogens (tertiary/aromatic N) is 5. The van der Waals surface area contributed by atoms with Crippen LogP contribution in [-0.2, 0) is 29.0 Å². The molecule has 3 heterocycles. The van der Waals surface area contributed by atoms with E-state index in [-0.39, 0.29) is 5.97 Å². The molecule has 176 valence electrons. The average Bonchev–Trinajstić information content (AvgIpc) is 3.44. The lowest BCUT2D eigenvalue weighted by Gasteiger charge is -2.28. The molecule has 9 nitrogen and oxygen atoms in total. The Morgan fingerprint density at radius 1 is 1.27 bits per heavy atom. The van der Waals surface area contributed by atoms with Crippen LogP contribution in [0, 0.1) is 0 Å². The topological polar surface area (TPSA) is 98.3 Å². The molecule has 0 bridgehead atoms. The van der Waals surface area contributed by atoms with Crippen LogP contribution in [0.25, 0.3) is 11.6 Å². The number of fused-ring (bicyclic) bond motifs is 1. The SMILES string of the molecule is CCn1ccc(-c2nc(N3CCCc4cc(CNCCC(=O)OC(C)(C)C)ccc43)no2)n1. The van der Waals surface area contributed by atoms with Gasteiger partial charge in [0.05, 0.1) is 6.42 Å². The molecule has 0 saturated heterocycles. The van der Waals surface area contributed by atoms with Crippen LogP contribution in [0.2, 0.25) is 0 Å². The first-order valence-corrected chi connectivity index (χ1v) is 11.5. The lowest BCUT2D eigenvalue weighted by atomic mass is 9.99. The first kappa shape index (κ1) is 23.0. The summed E-state index contributed by atoms with van der Waals surface area (Å²) in [5, 5.41) is 12.0. The molecule has 2 aromatic heterocycles. The summed E-state index contributed by atoms with van der Waals surface area (Å²) in [6.07, 6.45) is 4.27. The van der Waals surface area contributed by atoms with Crippen molar-refractivity contribution in [2.45, 2.75) is 65.6 Å². The van der Waals surface area contributed by atoms with Crippen LogP contribution in [0.5, 0.6) is 0 Å². The number of carbonyl (C=O) groups excluding carboxylic acids is 1. The van der Waals surface area contributed by atoms with E-state index in [0.29, 0.717) is 37.0 Å². The molecule has 0 aliphatic carbocycles. The molecule has 9 heteroatoms. The van der Waals surface area contributed by atoms with Gasteiger partial charge in [0.2, 0.25) is 0 Å². The lowest BCUT2D eigenvalue weighted by molar-refractivity contribution is -0.154. The highest BCUT2D eigenvalue weighted by Crippen LogP contribution is 2.33. The zero-order valence-electron chi connectivity index (χ0n) is 19.8. The number of hydrogen-bond donors (Lipinski definition) is 1. The van der Waals surface area contributed by atoms with Crippen molar-refractivity contribution < 1.29 is 14.1 Å². The van der Waals surface area contributed by atoms with Crippen LogP contribution >= 0.6 is 0 Å². The third-order valence-corrected chi connectivity index (χ3v) is 5.36. The van der Waals surface area contributed by atoms with Crippen LogP contribution in [0.3, 0.4) is 0 Å².